The second kappa shape index (κ2) is 7.04. The quantitative estimate of drug-likeness (QED) is 0.383. The van der Waals surface area contributed by atoms with Gasteiger partial charge in [0.1, 0.15) is 16.7 Å². The fourth-order valence-electron chi connectivity index (χ4n) is 4.00. The van der Waals surface area contributed by atoms with Crippen LogP contribution >= 0.6 is 23.1 Å². The first kappa shape index (κ1) is 18.3. The van der Waals surface area contributed by atoms with Crippen molar-refractivity contribution in [3.8, 4) is 0 Å². The smallest absolute Gasteiger partial charge is 0.257 e. The molecule has 0 unspecified atom stereocenters. The number of rotatable bonds is 4. The first-order valence-electron chi connectivity index (χ1n) is 10.0. The Kier molecular flexibility index (Phi) is 4.29. The minimum atomic E-state index is 0.555. The molecule has 0 atom stereocenters. The van der Waals surface area contributed by atoms with Gasteiger partial charge >= 0.3 is 0 Å². The van der Waals surface area contributed by atoms with Gasteiger partial charge in [-0.3, -0.25) is 4.90 Å². The molecule has 4 aromatic heterocycles. The molecule has 7 nitrogen and oxygen atoms in total. The summed E-state index contributed by atoms with van der Waals surface area (Å²) in [6, 6.07) is 8.35. The first-order chi connectivity index (χ1) is 14.7. The SMILES string of the molecule is CC(C)N1CCc2c(sc3ncn4nc(CSc5nc6ccccc6o5)nc4c23)C1. The average Bonchev–Trinajstić information content (AvgIpc) is 3.44. The monoisotopic (exact) mass is 436 g/mol. The van der Waals surface area contributed by atoms with Crippen molar-refractivity contribution in [1.82, 2.24) is 29.5 Å². The minimum absolute atomic E-state index is 0.555. The van der Waals surface area contributed by atoms with Crippen LogP contribution in [0.25, 0.3) is 27.0 Å². The Morgan fingerprint density at radius 1 is 1.23 bits per heavy atom. The Balaban J connectivity index is 1.33. The fourth-order valence-corrected chi connectivity index (χ4v) is 5.89. The summed E-state index contributed by atoms with van der Waals surface area (Å²) in [5, 5.41) is 6.46. The molecule has 0 bridgehead atoms. The topological polar surface area (TPSA) is 72.4 Å². The van der Waals surface area contributed by atoms with Gasteiger partial charge in [-0.2, -0.15) is 0 Å². The third-order valence-electron chi connectivity index (χ3n) is 5.58. The van der Waals surface area contributed by atoms with E-state index in [2.05, 4.69) is 33.8 Å². The largest absolute Gasteiger partial charge is 0.431 e. The maximum atomic E-state index is 5.80. The second-order valence-corrected chi connectivity index (χ2v) is 9.79. The molecule has 1 aliphatic rings. The highest BCUT2D eigenvalue weighted by atomic mass is 32.2. The Morgan fingerprint density at radius 3 is 3.00 bits per heavy atom. The Labute approximate surface area is 181 Å². The molecule has 0 spiro atoms. The molecule has 0 saturated carbocycles. The minimum Gasteiger partial charge on any atom is -0.431 e. The number of fused-ring (bicyclic) bond motifs is 6. The first-order valence-corrected chi connectivity index (χ1v) is 11.8. The van der Waals surface area contributed by atoms with Crippen molar-refractivity contribution in [1.29, 1.82) is 0 Å². The van der Waals surface area contributed by atoms with E-state index < -0.39 is 0 Å². The second-order valence-electron chi connectivity index (χ2n) is 7.78. The molecule has 1 aliphatic heterocycles. The zero-order chi connectivity index (χ0) is 20.2. The van der Waals surface area contributed by atoms with Gasteiger partial charge in [0.05, 0.1) is 11.1 Å². The van der Waals surface area contributed by atoms with Crippen LogP contribution in [0.1, 0.15) is 30.1 Å². The van der Waals surface area contributed by atoms with Crippen LogP contribution in [0.4, 0.5) is 0 Å². The van der Waals surface area contributed by atoms with E-state index in [-0.39, 0.29) is 0 Å². The Bertz CT molecular complexity index is 1350. The lowest BCUT2D eigenvalue weighted by atomic mass is 10.0. The standard InChI is InChI=1S/C21H20N6OS2/c1-12(2)26-8-7-13-16(9-26)30-20-18(13)19-24-17(25-27(19)11-22-20)10-29-21-23-14-5-3-4-6-15(14)28-21/h3-6,11-12H,7-10H2,1-2H3. The number of thioether (sulfide) groups is 1. The number of benzene rings is 1. The van der Waals surface area contributed by atoms with Crippen LogP contribution in [0.3, 0.4) is 0 Å². The van der Waals surface area contributed by atoms with Gasteiger partial charge in [-0.25, -0.2) is 19.5 Å². The summed E-state index contributed by atoms with van der Waals surface area (Å²) < 4.78 is 7.61. The van der Waals surface area contributed by atoms with Gasteiger partial charge in [0, 0.05) is 24.0 Å². The van der Waals surface area contributed by atoms with E-state index in [4.69, 9.17) is 9.40 Å². The molecule has 0 saturated heterocycles. The zero-order valence-electron chi connectivity index (χ0n) is 16.7. The van der Waals surface area contributed by atoms with Gasteiger partial charge in [0.25, 0.3) is 5.22 Å². The van der Waals surface area contributed by atoms with E-state index in [0.29, 0.717) is 17.0 Å². The van der Waals surface area contributed by atoms with Crippen LogP contribution in [-0.4, -0.2) is 42.1 Å². The molecule has 30 heavy (non-hydrogen) atoms. The molecule has 1 aromatic carbocycles. The van der Waals surface area contributed by atoms with E-state index in [1.165, 1.54) is 27.6 Å². The van der Waals surface area contributed by atoms with E-state index in [0.717, 1.165) is 46.9 Å². The maximum absolute atomic E-state index is 5.80. The lowest BCUT2D eigenvalue weighted by Gasteiger charge is -2.30. The molecule has 6 rings (SSSR count). The van der Waals surface area contributed by atoms with Crippen molar-refractivity contribution in [2.45, 2.75) is 43.8 Å². The molecule has 9 heteroatoms. The summed E-state index contributed by atoms with van der Waals surface area (Å²) in [5.41, 5.74) is 3.97. The molecule has 5 heterocycles. The Hall–Kier alpha value is -2.49. The van der Waals surface area contributed by atoms with Gasteiger partial charge in [-0.05, 0) is 38.0 Å². The lowest BCUT2D eigenvalue weighted by Crippen LogP contribution is -2.35. The molecule has 0 aliphatic carbocycles. The highest BCUT2D eigenvalue weighted by Crippen LogP contribution is 2.36. The van der Waals surface area contributed by atoms with Gasteiger partial charge in [-0.1, -0.05) is 23.9 Å². The molecule has 0 fully saturated rings. The van der Waals surface area contributed by atoms with Crippen LogP contribution in [0.15, 0.2) is 40.2 Å². The van der Waals surface area contributed by atoms with Crippen LogP contribution in [0, 0.1) is 0 Å². The molecular weight excluding hydrogens is 416 g/mol. The van der Waals surface area contributed by atoms with Crippen LogP contribution in [0.5, 0.6) is 0 Å². The van der Waals surface area contributed by atoms with Crippen LogP contribution in [0.2, 0.25) is 0 Å². The molecular formula is C21H20N6OS2. The van der Waals surface area contributed by atoms with Crippen molar-refractivity contribution in [2.24, 2.45) is 0 Å². The summed E-state index contributed by atoms with van der Waals surface area (Å²) in [4.78, 5) is 19.0. The highest BCUT2D eigenvalue weighted by molar-refractivity contribution is 7.98. The van der Waals surface area contributed by atoms with Gasteiger partial charge < -0.3 is 4.42 Å². The van der Waals surface area contributed by atoms with Gasteiger partial charge in [-0.15, -0.1) is 16.4 Å². The number of hydrogen-bond donors (Lipinski definition) is 0. The van der Waals surface area contributed by atoms with E-state index >= 15 is 0 Å². The van der Waals surface area contributed by atoms with E-state index in [1.807, 2.05) is 28.8 Å². The summed E-state index contributed by atoms with van der Waals surface area (Å²) in [7, 11) is 0. The van der Waals surface area contributed by atoms with Crippen LogP contribution in [-0.2, 0) is 18.7 Å². The van der Waals surface area contributed by atoms with Crippen molar-refractivity contribution in [3.63, 3.8) is 0 Å². The van der Waals surface area contributed by atoms with E-state index in [1.54, 1.807) is 17.7 Å². The zero-order valence-corrected chi connectivity index (χ0v) is 18.3. The predicted octanol–water partition coefficient (Wildman–Crippen LogP) is 4.54. The van der Waals surface area contributed by atoms with Gasteiger partial charge in [0.2, 0.25) is 0 Å². The predicted molar refractivity (Wildman–Crippen MR) is 119 cm³/mol. The van der Waals surface area contributed by atoms with Crippen molar-refractivity contribution in [3.05, 3.63) is 46.9 Å². The number of thiophene rings is 1. The molecule has 0 amide bonds. The number of para-hydroxylation sites is 2. The maximum Gasteiger partial charge on any atom is 0.257 e. The van der Waals surface area contributed by atoms with Crippen molar-refractivity contribution in [2.75, 3.05) is 6.54 Å². The number of aromatic nitrogens is 5. The number of nitrogens with zero attached hydrogens (tertiary/aromatic N) is 6. The summed E-state index contributed by atoms with van der Waals surface area (Å²) in [6.45, 7) is 6.59. The molecule has 5 aromatic rings. The van der Waals surface area contributed by atoms with Crippen molar-refractivity contribution >= 4 is 50.1 Å². The van der Waals surface area contributed by atoms with Crippen molar-refractivity contribution < 1.29 is 4.42 Å². The Morgan fingerprint density at radius 2 is 2.13 bits per heavy atom. The normalized spacial score (nSPS) is 15.0. The third-order valence-corrected chi connectivity index (χ3v) is 7.53. The number of hydrogen-bond acceptors (Lipinski definition) is 8. The molecule has 152 valence electrons. The summed E-state index contributed by atoms with van der Waals surface area (Å²) >= 11 is 3.31. The lowest BCUT2D eigenvalue weighted by molar-refractivity contribution is 0.206. The fraction of sp³-hybridized carbons (Fsp3) is 0.333. The third kappa shape index (κ3) is 3.00. The van der Waals surface area contributed by atoms with Gasteiger partial charge in [0.15, 0.2) is 17.1 Å². The molecule has 0 radical (unpaired) electrons. The molecule has 0 N–H and O–H groups in total. The van der Waals surface area contributed by atoms with E-state index in [9.17, 15) is 0 Å². The highest BCUT2D eigenvalue weighted by Gasteiger charge is 2.25. The summed E-state index contributed by atoms with van der Waals surface area (Å²) in [6.07, 6.45) is 2.81. The average molecular weight is 437 g/mol. The summed E-state index contributed by atoms with van der Waals surface area (Å²) in [5.74, 6) is 1.36. The van der Waals surface area contributed by atoms with Crippen LogP contribution < -0.4 is 0 Å². The number of oxazole rings is 1.